The average Bonchev–Trinajstić information content (AvgIpc) is 2.86. The lowest BCUT2D eigenvalue weighted by molar-refractivity contribution is 0.394. The summed E-state index contributed by atoms with van der Waals surface area (Å²) in [6.07, 6.45) is 3.59. The molecule has 2 N–H and O–H groups in total. The largest absolute Gasteiger partial charge is 0.497 e. The topological polar surface area (TPSA) is 44.5 Å². The van der Waals surface area contributed by atoms with Gasteiger partial charge in [0.1, 0.15) is 11.5 Å². The van der Waals surface area contributed by atoms with Crippen LogP contribution in [0, 0.1) is 5.92 Å². The molecule has 1 fully saturated rings. The Morgan fingerprint density at radius 3 is 2.65 bits per heavy atom. The third-order valence-corrected chi connectivity index (χ3v) is 3.75. The summed E-state index contributed by atoms with van der Waals surface area (Å²) in [7, 11) is 3.42. The highest BCUT2D eigenvalue weighted by Gasteiger charge is 2.27. The summed E-state index contributed by atoms with van der Waals surface area (Å²) in [5.41, 5.74) is 7.01. The van der Waals surface area contributed by atoms with Gasteiger partial charge in [-0.25, -0.2) is 0 Å². The van der Waals surface area contributed by atoms with E-state index in [1.165, 1.54) is 24.8 Å². The van der Waals surface area contributed by atoms with E-state index in [0.717, 1.165) is 18.0 Å². The van der Waals surface area contributed by atoms with Crippen LogP contribution in [-0.2, 0) is 0 Å². The first-order chi connectivity index (χ1) is 8.28. The Morgan fingerprint density at radius 1 is 1.24 bits per heavy atom. The molecule has 1 aliphatic carbocycles. The minimum Gasteiger partial charge on any atom is -0.497 e. The minimum absolute atomic E-state index is 0.564. The molecular formula is C14H21NO2. The lowest BCUT2D eigenvalue weighted by Gasteiger charge is -2.16. The van der Waals surface area contributed by atoms with E-state index in [9.17, 15) is 0 Å². The van der Waals surface area contributed by atoms with Crippen molar-refractivity contribution in [2.24, 2.45) is 11.7 Å². The normalized spacial score (nSPS) is 23.7. The number of rotatable bonds is 4. The predicted molar refractivity (Wildman–Crippen MR) is 68.7 cm³/mol. The summed E-state index contributed by atoms with van der Waals surface area (Å²) in [4.78, 5) is 0. The Bertz CT molecular complexity index is 378. The molecule has 0 spiro atoms. The Hall–Kier alpha value is -1.22. The van der Waals surface area contributed by atoms with E-state index in [0.29, 0.717) is 11.8 Å². The molecule has 1 aromatic rings. The third-order valence-electron chi connectivity index (χ3n) is 3.75. The maximum atomic E-state index is 5.74. The van der Waals surface area contributed by atoms with Gasteiger partial charge in [0.05, 0.1) is 14.2 Å². The monoisotopic (exact) mass is 235 g/mol. The lowest BCUT2D eigenvalue weighted by Crippen LogP contribution is -2.10. The van der Waals surface area contributed by atoms with Crippen molar-refractivity contribution in [3.8, 4) is 11.5 Å². The molecule has 2 rings (SSSR count). The van der Waals surface area contributed by atoms with Gasteiger partial charge in [-0.1, -0.05) is 0 Å². The summed E-state index contributed by atoms with van der Waals surface area (Å²) in [6, 6.07) is 6.03. The van der Waals surface area contributed by atoms with Gasteiger partial charge in [0.25, 0.3) is 0 Å². The van der Waals surface area contributed by atoms with Crippen LogP contribution in [0.25, 0.3) is 0 Å². The predicted octanol–water partition coefficient (Wildman–Crippen LogP) is 2.55. The van der Waals surface area contributed by atoms with Crippen molar-refractivity contribution < 1.29 is 9.47 Å². The van der Waals surface area contributed by atoms with Crippen LogP contribution in [0.2, 0.25) is 0 Å². The number of ether oxygens (including phenoxy) is 2. The SMILES string of the molecule is COc1ccc(OC)c(C2CCC(CN)C2)c1. The molecule has 94 valence electrons. The van der Waals surface area contributed by atoms with E-state index >= 15 is 0 Å². The fraction of sp³-hybridized carbons (Fsp3) is 0.571. The highest BCUT2D eigenvalue weighted by atomic mass is 16.5. The van der Waals surface area contributed by atoms with Crippen LogP contribution < -0.4 is 15.2 Å². The fourth-order valence-corrected chi connectivity index (χ4v) is 2.73. The molecule has 2 atom stereocenters. The zero-order valence-corrected chi connectivity index (χ0v) is 10.6. The Morgan fingerprint density at radius 2 is 2.06 bits per heavy atom. The van der Waals surface area contributed by atoms with Crippen molar-refractivity contribution in [1.29, 1.82) is 0 Å². The van der Waals surface area contributed by atoms with E-state index in [-0.39, 0.29) is 0 Å². The van der Waals surface area contributed by atoms with Gasteiger partial charge in [-0.15, -0.1) is 0 Å². The van der Waals surface area contributed by atoms with E-state index < -0.39 is 0 Å². The molecule has 0 aliphatic heterocycles. The summed E-state index contributed by atoms with van der Waals surface area (Å²) < 4.78 is 10.7. The molecule has 0 saturated heterocycles. The second kappa shape index (κ2) is 5.41. The van der Waals surface area contributed by atoms with Gasteiger partial charge < -0.3 is 15.2 Å². The first-order valence-electron chi connectivity index (χ1n) is 6.20. The van der Waals surface area contributed by atoms with Gasteiger partial charge in [-0.2, -0.15) is 0 Å². The summed E-state index contributed by atoms with van der Waals surface area (Å²) in [6.45, 7) is 0.794. The van der Waals surface area contributed by atoms with Gasteiger partial charge in [-0.05, 0) is 55.8 Å². The van der Waals surface area contributed by atoms with Crippen LogP contribution in [0.15, 0.2) is 18.2 Å². The molecule has 0 radical (unpaired) electrons. The van der Waals surface area contributed by atoms with Crippen molar-refractivity contribution in [3.63, 3.8) is 0 Å². The maximum absolute atomic E-state index is 5.74. The Labute approximate surface area is 103 Å². The van der Waals surface area contributed by atoms with Crippen molar-refractivity contribution in [2.45, 2.75) is 25.2 Å². The third kappa shape index (κ3) is 2.55. The van der Waals surface area contributed by atoms with Crippen LogP contribution in [0.1, 0.15) is 30.7 Å². The highest BCUT2D eigenvalue weighted by molar-refractivity contribution is 5.42. The second-order valence-corrected chi connectivity index (χ2v) is 4.72. The van der Waals surface area contributed by atoms with Crippen molar-refractivity contribution in [3.05, 3.63) is 23.8 Å². The molecule has 0 aromatic heterocycles. The molecule has 1 aromatic carbocycles. The summed E-state index contributed by atoms with van der Waals surface area (Å²) in [5, 5.41) is 0. The minimum atomic E-state index is 0.564. The van der Waals surface area contributed by atoms with Crippen molar-refractivity contribution in [2.75, 3.05) is 20.8 Å². The number of benzene rings is 1. The smallest absolute Gasteiger partial charge is 0.122 e. The molecule has 3 nitrogen and oxygen atoms in total. The first-order valence-corrected chi connectivity index (χ1v) is 6.20. The van der Waals surface area contributed by atoms with Crippen LogP contribution in [-0.4, -0.2) is 20.8 Å². The number of methoxy groups -OCH3 is 2. The van der Waals surface area contributed by atoms with Crippen LogP contribution >= 0.6 is 0 Å². The number of nitrogens with two attached hydrogens (primary N) is 1. The van der Waals surface area contributed by atoms with E-state index in [1.54, 1.807) is 14.2 Å². The van der Waals surface area contributed by atoms with E-state index in [1.807, 2.05) is 12.1 Å². The molecule has 1 aliphatic rings. The summed E-state index contributed by atoms with van der Waals surface area (Å²) >= 11 is 0. The molecule has 0 heterocycles. The zero-order valence-electron chi connectivity index (χ0n) is 10.6. The van der Waals surface area contributed by atoms with Crippen LogP contribution in [0.5, 0.6) is 11.5 Å². The maximum Gasteiger partial charge on any atom is 0.122 e. The fourth-order valence-electron chi connectivity index (χ4n) is 2.73. The van der Waals surface area contributed by atoms with Crippen LogP contribution in [0.4, 0.5) is 0 Å². The van der Waals surface area contributed by atoms with Gasteiger partial charge in [0.2, 0.25) is 0 Å². The number of hydrogen-bond donors (Lipinski definition) is 1. The van der Waals surface area contributed by atoms with Gasteiger partial charge in [0.15, 0.2) is 0 Å². The zero-order chi connectivity index (χ0) is 12.3. The van der Waals surface area contributed by atoms with Gasteiger partial charge >= 0.3 is 0 Å². The van der Waals surface area contributed by atoms with Crippen LogP contribution in [0.3, 0.4) is 0 Å². The molecule has 2 unspecified atom stereocenters. The van der Waals surface area contributed by atoms with E-state index in [2.05, 4.69) is 6.07 Å². The van der Waals surface area contributed by atoms with Gasteiger partial charge in [-0.3, -0.25) is 0 Å². The molecule has 17 heavy (non-hydrogen) atoms. The molecule has 0 amide bonds. The summed E-state index contributed by atoms with van der Waals surface area (Å²) in [5.74, 6) is 3.09. The first kappa shape index (κ1) is 12.2. The van der Waals surface area contributed by atoms with Gasteiger partial charge in [0, 0.05) is 5.56 Å². The van der Waals surface area contributed by atoms with Crippen molar-refractivity contribution >= 4 is 0 Å². The van der Waals surface area contributed by atoms with E-state index in [4.69, 9.17) is 15.2 Å². The standard InChI is InChI=1S/C14H21NO2/c1-16-12-5-6-14(17-2)13(8-12)11-4-3-10(7-11)9-15/h5-6,8,10-11H,3-4,7,9,15H2,1-2H3. The molecule has 3 heteroatoms. The second-order valence-electron chi connectivity index (χ2n) is 4.72. The Balaban J connectivity index is 2.24. The highest BCUT2D eigenvalue weighted by Crippen LogP contribution is 2.42. The molecule has 1 saturated carbocycles. The number of hydrogen-bond acceptors (Lipinski definition) is 3. The quantitative estimate of drug-likeness (QED) is 0.872. The lowest BCUT2D eigenvalue weighted by atomic mass is 9.95. The van der Waals surface area contributed by atoms with Crippen molar-refractivity contribution in [1.82, 2.24) is 0 Å². The average molecular weight is 235 g/mol. The molecule has 0 bridgehead atoms. The Kier molecular flexibility index (Phi) is 3.89. The molecular weight excluding hydrogens is 214 g/mol.